The Morgan fingerprint density at radius 3 is 2.94 bits per heavy atom. The van der Waals surface area contributed by atoms with E-state index in [0.29, 0.717) is 16.8 Å². The number of piperazine rings is 1. The average molecular weight is 333 g/mol. The van der Waals surface area contributed by atoms with Gasteiger partial charge in [-0.15, -0.1) is 0 Å². The lowest BCUT2D eigenvalue weighted by molar-refractivity contribution is -0.131. The number of nitrogens with zero attached hydrogens (tertiary/aromatic N) is 1. The highest BCUT2D eigenvalue weighted by Crippen LogP contribution is 2.05. The van der Waals surface area contributed by atoms with Crippen LogP contribution >= 0.6 is 22.6 Å². The molecule has 16 heavy (non-hydrogen) atoms. The van der Waals surface area contributed by atoms with Crippen molar-refractivity contribution in [3.63, 3.8) is 0 Å². The fourth-order valence-electron chi connectivity index (χ4n) is 1.41. The summed E-state index contributed by atoms with van der Waals surface area (Å²) in [5.74, 6) is 0.130. The van der Waals surface area contributed by atoms with Crippen molar-refractivity contribution in [2.75, 3.05) is 26.2 Å². The van der Waals surface area contributed by atoms with Crippen LogP contribution in [0.15, 0.2) is 34.1 Å². The second-order valence-corrected chi connectivity index (χ2v) is 4.73. The Morgan fingerprint density at radius 1 is 1.62 bits per heavy atom. The average Bonchev–Trinajstić information content (AvgIpc) is 2.26. The molecule has 0 saturated carbocycles. The number of carbonyl (C=O) groups is 1. The molecule has 1 saturated heterocycles. The molecule has 88 valence electrons. The lowest BCUT2D eigenvalue weighted by Crippen LogP contribution is -2.48. The number of halogens is 1. The molecule has 1 heterocycles. The third-order valence-corrected chi connectivity index (χ3v) is 2.64. The van der Waals surface area contributed by atoms with Gasteiger partial charge in [-0.2, -0.15) is 0 Å². The van der Waals surface area contributed by atoms with E-state index in [1.807, 2.05) is 39.6 Å². The Balaban J connectivity index is 2.62. The zero-order valence-electron chi connectivity index (χ0n) is 9.08. The molecular weight excluding hydrogens is 317 g/mol. The van der Waals surface area contributed by atoms with Crippen molar-refractivity contribution in [2.45, 2.75) is 0 Å². The highest BCUT2D eigenvalue weighted by atomic mass is 127. The summed E-state index contributed by atoms with van der Waals surface area (Å²) in [7, 11) is 0. The number of carbonyl (C=O) groups excluding carboxylic acids is 1. The summed E-state index contributed by atoms with van der Waals surface area (Å²) in [6.07, 6.45) is 5.46. The summed E-state index contributed by atoms with van der Waals surface area (Å²) in [5.41, 5.74) is 6.53. The van der Waals surface area contributed by atoms with E-state index < -0.39 is 0 Å². The standard InChI is InChI=1S/C11H16IN3O/c1-2-9(3-4-10(12)13)8-15-6-5-14-7-11(15)16/h2-4,14H,1,5-8,13H2/b9-3+,10-4-. The van der Waals surface area contributed by atoms with E-state index in [0.717, 1.165) is 18.7 Å². The highest BCUT2D eigenvalue weighted by Gasteiger charge is 2.17. The Labute approximate surface area is 109 Å². The molecule has 1 aliphatic rings. The van der Waals surface area contributed by atoms with E-state index in [9.17, 15) is 4.79 Å². The largest absolute Gasteiger partial charge is 0.394 e. The van der Waals surface area contributed by atoms with Crippen LogP contribution < -0.4 is 11.1 Å². The Morgan fingerprint density at radius 2 is 2.38 bits per heavy atom. The van der Waals surface area contributed by atoms with E-state index in [1.165, 1.54) is 0 Å². The Bertz CT molecular complexity index is 332. The van der Waals surface area contributed by atoms with Gasteiger partial charge < -0.3 is 16.0 Å². The van der Waals surface area contributed by atoms with Gasteiger partial charge in [-0.3, -0.25) is 4.79 Å². The van der Waals surface area contributed by atoms with Gasteiger partial charge in [0.15, 0.2) is 0 Å². The second kappa shape index (κ2) is 6.70. The highest BCUT2D eigenvalue weighted by molar-refractivity contribution is 14.1. The number of nitrogens with two attached hydrogens (primary N) is 1. The molecule has 0 spiro atoms. The monoisotopic (exact) mass is 333 g/mol. The number of allylic oxidation sites excluding steroid dienone is 2. The molecule has 0 atom stereocenters. The summed E-state index contributed by atoms with van der Waals surface area (Å²) >= 11 is 2.04. The number of amides is 1. The van der Waals surface area contributed by atoms with Crippen LogP contribution in [0.25, 0.3) is 0 Å². The molecule has 4 nitrogen and oxygen atoms in total. The maximum Gasteiger partial charge on any atom is 0.236 e. The second-order valence-electron chi connectivity index (χ2n) is 3.49. The van der Waals surface area contributed by atoms with Crippen molar-refractivity contribution in [1.82, 2.24) is 10.2 Å². The zero-order valence-corrected chi connectivity index (χ0v) is 11.2. The summed E-state index contributed by atoms with van der Waals surface area (Å²) in [6.45, 7) is 6.35. The maximum absolute atomic E-state index is 11.5. The third-order valence-electron chi connectivity index (χ3n) is 2.28. The van der Waals surface area contributed by atoms with Crippen molar-refractivity contribution in [2.24, 2.45) is 5.73 Å². The molecule has 1 amide bonds. The van der Waals surface area contributed by atoms with Gasteiger partial charge in [-0.1, -0.05) is 18.7 Å². The first-order valence-electron chi connectivity index (χ1n) is 5.06. The lowest BCUT2D eigenvalue weighted by Gasteiger charge is -2.27. The van der Waals surface area contributed by atoms with Crippen LogP contribution in [0.1, 0.15) is 0 Å². The molecule has 0 aromatic carbocycles. The minimum Gasteiger partial charge on any atom is -0.394 e. The van der Waals surface area contributed by atoms with Crippen molar-refractivity contribution in [1.29, 1.82) is 0 Å². The van der Waals surface area contributed by atoms with E-state index in [-0.39, 0.29) is 5.91 Å². The number of hydrogen-bond donors (Lipinski definition) is 2. The van der Waals surface area contributed by atoms with Crippen molar-refractivity contribution >= 4 is 28.5 Å². The van der Waals surface area contributed by atoms with Gasteiger partial charge in [0.05, 0.1) is 10.2 Å². The van der Waals surface area contributed by atoms with E-state index >= 15 is 0 Å². The smallest absolute Gasteiger partial charge is 0.236 e. The molecule has 0 radical (unpaired) electrons. The molecule has 0 bridgehead atoms. The lowest BCUT2D eigenvalue weighted by atomic mass is 10.2. The van der Waals surface area contributed by atoms with E-state index in [4.69, 9.17) is 5.73 Å². The van der Waals surface area contributed by atoms with Gasteiger partial charge in [0, 0.05) is 19.6 Å². The maximum atomic E-state index is 11.5. The summed E-state index contributed by atoms with van der Waals surface area (Å²) < 4.78 is 0.712. The molecular formula is C11H16IN3O. The van der Waals surface area contributed by atoms with Crippen molar-refractivity contribution < 1.29 is 4.79 Å². The number of nitrogens with one attached hydrogen (secondary N) is 1. The quantitative estimate of drug-likeness (QED) is 0.454. The first-order valence-corrected chi connectivity index (χ1v) is 6.14. The molecule has 3 N–H and O–H groups in total. The molecule has 0 unspecified atom stereocenters. The number of hydrogen-bond acceptors (Lipinski definition) is 3. The van der Waals surface area contributed by atoms with Crippen LogP contribution in [0.2, 0.25) is 0 Å². The van der Waals surface area contributed by atoms with Crippen molar-refractivity contribution in [3.8, 4) is 0 Å². The predicted molar refractivity (Wildman–Crippen MR) is 74.0 cm³/mol. The minimum absolute atomic E-state index is 0.130. The Kier molecular flexibility index (Phi) is 5.54. The van der Waals surface area contributed by atoms with Gasteiger partial charge in [-0.25, -0.2) is 0 Å². The molecule has 1 aliphatic heterocycles. The van der Waals surface area contributed by atoms with Gasteiger partial charge in [-0.05, 0) is 34.2 Å². The summed E-state index contributed by atoms with van der Waals surface area (Å²) in [6, 6.07) is 0. The Hall–Kier alpha value is -0.820. The SMILES string of the molecule is C=C/C(=C\C=C(/N)I)CN1CCNCC1=O. The normalized spacial score (nSPS) is 18.8. The molecule has 0 aromatic rings. The molecule has 0 aromatic heterocycles. The van der Waals surface area contributed by atoms with Gasteiger partial charge >= 0.3 is 0 Å². The minimum atomic E-state index is 0.130. The van der Waals surface area contributed by atoms with Crippen LogP contribution in [-0.4, -0.2) is 37.0 Å². The topological polar surface area (TPSA) is 58.4 Å². The first-order chi connectivity index (χ1) is 7.63. The number of rotatable bonds is 4. The molecule has 5 heteroatoms. The van der Waals surface area contributed by atoms with Crippen LogP contribution in [0.3, 0.4) is 0 Å². The van der Waals surface area contributed by atoms with Crippen LogP contribution in [-0.2, 0) is 4.79 Å². The van der Waals surface area contributed by atoms with E-state index in [2.05, 4.69) is 11.9 Å². The summed E-state index contributed by atoms with van der Waals surface area (Å²) in [4.78, 5) is 13.4. The fourth-order valence-corrected chi connectivity index (χ4v) is 1.59. The third kappa shape index (κ3) is 4.36. The summed E-state index contributed by atoms with van der Waals surface area (Å²) in [5, 5.41) is 3.04. The van der Waals surface area contributed by atoms with Crippen LogP contribution in [0, 0.1) is 0 Å². The van der Waals surface area contributed by atoms with Crippen molar-refractivity contribution in [3.05, 3.63) is 34.1 Å². The molecule has 0 aliphatic carbocycles. The molecule has 1 fully saturated rings. The fraction of sp³-hybridized carbons (Fsp3) is 0.364. The van der Waals surface area contributed by atoms with Gasteiger partial charge in [0.25, 0.3) is 0 Å². The van der Waals surface area contributed by atoms with Gasteiger partial charge in [0.2, 0.25) is 5.91 Å². The van der Waals surface area contributed by atoms with Crippen LogP contribution in [0.5, 0.6) is 0 Å². The van der Waals surface area contributed by atoms with Gasteiger partial charge in [0.1, 0.15) is 0 Å². The zero-order chi connectivity index (χ0) is 12.0. The van der Waals surface area contributed by atoms with Crippen LogP contribution in [0.4, 0.5) is 0 Å². The molecule has 1 rings (SSSR count). The first kappa shape index (κ1) is 13.2. The van der Waals surface area contributed by atoms with E-state index in [1.54, 1.807) is 6.08 Å². The predicted octanol–water partition coefficient (Wildman–Crippen LogP) is 0.766.